The lowest BCUT2D eigenvalue weighted by molar-refractivity contribution is 0.780. The summed E-state index contributed by atoms with van der Waals surface area (Å²) in [7, 11) is 0. The van der Waals surface area contributed by atoms with E-state index in [1.807, 2.05) is 31.2 Å². The first-order chi connectivity index (χ1) is 6.27. The van der Waals surface area contributed by atoms with Crippen molar-refractivity contribution in [1.29, 1.82) is 0 Å². The monoisotopic (exact) mass is 173 g/mol. The zero-order valence-electron chi connectivity index (χ0n) is 7.44. The second-order valence-corrected chi connectivity index (χ2v) is 3.07. The highest BCUT2D eigenvalue weighted by molar-refractivity contribution is 5.73. The molecule has 1 atom stereocenters. The van der Waals surface area contributed by atoms with E-state index in [-0.39, 0.29) is 6.04 Å². The molecule has 2 aromatic rings. The number of aromatic nitrogens is 2. The Hall–Kier alpha value is -1.48. The van der Waals surface area contributed by atoms with Crippen molar-refractivity contribution < 1.29 is 0 Å². The first kappa shape index (κ1) is 8.13. The number of hydrogen-bond acceptors (Lipinski definition) is 3. The highest BCUT2D eigenvalue weighted by atomic mass is 14.8. The normalized spacial score (nSPS) is 13.1. The molecular weight excluding hydrogens is 162 g/mol. The Labute approximate surface area is 76.6 Å². The third-order valence-corrected chi connectivity index (χ3v) is 1.93. The summed E-state index contributed by atoms with van der Waals surface area (Å²) >= 11 is 0. The lowest BCUT2D eigenvalue weighted by Gasteiger charge is -2.04. The van der Waals surface area contributed by atoms with Gasteiger partial charge in [-0.2, -0.15) is 0 Å². The zero-order chi connectivity index (χ0) is 9.26. The quantitative estimate of drug-likeness (QED) is 0.713. The van der Waals surface area contributed by atoms with Crippen LogP contribution in [0.2, 0.25) is 0 Å². The van der Waals surface area contributed by atoms with Crippen molar-refractivity contribution in [1.82, 2.24) is 9.97 Å². The van der Waals surface area contributed by atoms with Crippen molar-refractivity contribution in [2.24, 2.45) is 5.73 Å². The van der Waals surface area contributed by atoms with E-state index in [1.165, 1.54) is 0 Å². The van der Waals surface area contributed by atoms with Crippen LogP contribution in [-0.4, -0.2) is 9.97 Å². The molecule has 0 unspecified atom stereocenters. The van der Waals surface area contributed by atoms with E-state index in [4.69, 9.17) is 5.73 Å². The van der Waals surface area contributed by atoms with Gasteiger partial charge in [0.2, 0.25) is 0 Å². The SMILES string of the molecule is C[C@@H](N)c1cnc2ccccc2n1. The second kappa shape index (κ2) is 3.11. The number of nitrogens with zero attached hydrogens (tertiary/aromatic N) is 2. The highest BCUT2D eigenvalue weighted by Crippen LogP contribution is 2.11. The number of para-hydroxylation sites is 2. The topological polar surface area (TPSA) is 51.8 Å². The van der Waals surface area contributed by atoms with Gasteiger partial charge in [0.15, 0.2) is 0 Å². The van der Waals surface area contributed by atoms with Gasteiger partial charge in [-0.1, -0.05) is 12.1 Å². The third kappa shape index (κ3) is 1.51. The molecule has 3 nitrogen and oxygen atoms in total. The van der Waals surface area contributed by atoms with Gasteiger partial charge in [0.25, 0.3) is 0 Å². The van der Waals surface area contributed by atoms with Gasteiger partial charge in [-0.3, -0.25) is 4.98 Å². The first-order valence-electron chi connectivity index (χ1n) is 4.24. The molecule has 2 rings (SSSR count). The Kier molecular flexibility index (Phi) is 1.94. The lowest BCUT2D eigenvalue weighted by Crippen LogP contribution is -2.07. The molecule has 0 spiro atoms. The fourth-order valence-corrected chi connectivity index (χ4v) is 1.19. The molecule has 0 radical (unpaired) electrons. The largest absolute Gasteiger partial charge is 0.323 e. The van der Waals surface area contributed by atoms with Crippen LogP contribution < -0.4 is 5.73 Å². The number of fused-ring (bicyclic) bond motifs is 1. The first-order valence-corrected chi connectivity index (χ1v) is 4.24. The summed E-state index contributed by atoms with van der Waals surface area (Å²) in [6, 6.07) is 7.71. The highest BCUT2D eigenvalue weighted by Gasteiger charge is 2.02. The molecule has 66 valence electrons. The van der Waals surface area contributed by atoms with Gasteiger partial charge in [0.1, 0.15) is 0 Å². The Morgan fingerprint density at radius 3 is 2.62 bits per heavy atom. The number of rotatable bonds is 1. The van der Waals surface area contributed by atoms with Gasteiger partial charge in [-0.15, -0.1) is 0 Å². The molecule has 0 aliphatic rings. The molecule has 0 bridgehead atoms. The Bertz CT molecular complexity index is 423. The molecule has 0 fully saturated rings. The molecule has 1 aromatic heterocycles. The lowest BCUT2D eigenvalue weighted by atomic mass is 10.2. The minimum atomic E-state index is -0.0582. The summed E-state index contributed by atoms with van der Waals surface area (Å²) < 4.78 is 0. The standard InChI is InChI=1S/C10H11N3/c1-7(11)10-6-12-8-4-2-3-5-9(8)13-10/h2-7H,11H2,1H3/t7-/m1/s1. The molecule has 0 aliphatic heterocycles. The van der Waals surface area contributed by atoms with Crippen LogP contribution in [0.1, 0.15) is 18.7 Å². The van der Waals surface area contributed by atoms with Crippen LogP contribution in [-0.2, 0) is 0 Å². The van der Waals surface area contributed by atoms with Crippen LogP contribution >= 0.6 is 0 Å². The molecular formula is C10H11N3. The van der Waals surface area contributed by atoms with Crippen LogP contribution in [0.4, 0.5) is 0 Å². The van der Waals surface area contributed by atoms with Crippen molar-refractivity contribution in [3.8, 4) is 0 Å². The molecule has 2 N–H and O–H groups in total. The fraction of sp³-hybridized carbons (Fsp3) is 0.200. The summed E-state index contributed by atoms with van der Waals surface area (Å²) in [6.45, 7) is 1.90. The predicted octanol–water partition coefficient (Wildman–Crippen LogP) is 1.65. The van der Waals surface area contributed by atoms with Crippen LogP contribution in [0, 0.1) is 0 Å². The van der Waals surface area contributed by atoms with E-state index in [9.17, 15) is 0 Å². The van der Waals surface area contributed by atoms with Gasteiger partial charge < -0.3 is 5.73 Å². The smallest absolute Gasteiger partial charge is 0.0890 e. The van der Waals surface area contributed by atoms with Crippen molar-refractivity contribution >= 4 is 11.0 Å². The summed E-state index contributed by atoms with van der Waals surface area (Å²) in [5.41, 5.74) is 8.34. The van der Waals surface area contributed by atoms with E-state index < -0.39 is 0 Å². The summed E-state index contributed by atoms with van der Waals surface area (Å²) in [5.74, 6) is 0. The van der Waals surface area contributed by atoms with Gasteiger partial charge in [0.05, 0.1) is 22.9 Å². The molecule has 3 heteroatoms. The van der Waals surface area contributed by atoms with Gasteiger partial charge in [-0.05, 0) is 19.1 Å². The maximum atomic E-state index is 5.70. The molecule has 0 saturated carbocycles. The maximum absolute atomic E-state index is 5.70. The molecule has 1 heterocycles. The van der Waals surface area contributed by atoms with Crippen molar-refractivity contribution in [3.05, 3.63) is 36.2 Å². The zero-order valence-corrected chi connectivity index (χ0v) is 7.44. The molecule has 13 heavy (non-hydrogen) atoms. The third-order valence-electron chi connectivity index (χ3n) is 1.93. The Morgan fingerprint density at radius 2 is 1.92 bits per heavy atom. The molecule has 0 saturated heterocycles. The summed E-state index contributed by atoms with van der Waals surface area (Å²) in [4.78, 5) is 8.65. The summed E-state index contributed by atoms with van der Waals surface area (Å²) in [5, 5.41) is 0. The second-order valence-electron chi connectivity index (χ2n) is 3.07. The van der Waals surface area contributed by atoms with Gasteiger partial charge >= 0.3 is 0 Å². The number of nitrogens with two attached hydrogens (primary N) is 1. The molecule has 1 aromatic carbocycles. The van der Waals surface area contributed by atoms with Crippen molar-refractivity contribution in [2.75, 3.05) is 0 Å². The van der Waals surface area contributed by atoms with Crippen LogP contribution in [0.15, 0.2) is 30.5 Å². The van der Waals surface area contributed by atoms with Gasteiger partial charge in [0, 0.05) is 6.04 Å². The van der Waals surface area contributed by atoms with E-state index in [0.29, 0.717) is 0 Å². The maximum Gasteiger partial charge on any atom is 0.0890 e. The van der Waals surface area contributed by atoms with Gasteiger partial charge in [-0.25, -0.2) is 4.98 Å². The summed E-state index contributed by atoms with van der Waals surface area (Å²) in [6.07, 6.45) is 1.73. The number of hydrogen-bond donors (Lipinski definition) is 1. The van der Waals surface area contributed by atoms with E-state index in [2.05, 4.69) is 9.97 Å². The predicted molar refractivity (Wildman–Crippen MR) is 52.1 cm³/mol. The fourth-order valence-electron chi connectivity index (χ4n) is 1.19. The average Bonchev–Trinajstić information content (AvgIpc) is 2.17. The molecule has 0 amide bonds. The minimum absolute atomic E-state index is 0.0582. The van der Waals surface area contributed by atoms with Crippen LogP contribution in [0.5, 0.6) is 0 Å². The van der Waals surface area contributed by atoms with E-state index >= 15 is 0 Å². The van der Waals surface area contributed by atoms with Crippen LogP contribution in [0.3, 0.4) is 0 Å². The van der Waals surface area contributed by atoms with Crippen LogP contribution in [0.25, 0.3) is 11.0 Å². The minimum Gasteiger partial charge on any atom is -0.323 e. The van der Waals surface area contributed by atoms with Crippen molar-refractivity contribution in [2.45, 2.75) is 13.0 Å². The van der Waals surface area contributed by atoms with Crippen molar-refractivity contribution in [3.63, 3.8) is 0 Å². The van der Waals surface area contributed by atoms with E-state index in [0.717, 1.165) is 16.7 Å². The Balaban J connectivity index is 2.62. The molecule has 0 aliphatic carbocycles. The van der Waals surface area contributed by atoms with E-state index in [1.54, 1.807) is 6.20 Å². The Morgan fingerprint density at radius 1 is 1.23 bits per heavy atom. The average molecular weight is 173 g/mol. The number of benzene rings is 1.